The maximum absolute atomic E-state index is 4.58. The van der Waals surface area contributed by atoms with Gasteiger partial charge in [-0.25, -0.2) is 0 Å². The fraction of sp³-hybridized carbons (Fsp3) is 0.0455. The Morgan fingerprint density at radius 3 is 2.52 bits per heavy atom. The fourth-order valence-corrected chi connectivity index (χ4v) is 5.15. The molecule has 0 saturated carbocycles. The minimum Gasteiger partial charge on any atom is -0.299 e. The van der Waals surface area contributed by atoms with E-state index < -0.39 is 0 Å². The van der Waals surface area contributed by atoms with Crippen molar-refractivity contribution >= 4 is 48.7 Å². The van der Waals surface area contributed by atoms with Crippen LogP contribution in [0.25, 0.3) is 48.0 Å². The first kappa shape index (κ1) is 13.4. The molecule has 0 radical (unpaired) electrons. The van der Waals surface area contributed by atoms with Crippen molar-refractivity contribution in [3.8, 4) is 10.6 Å². The maximum atomic E-state index is 4.58. The number of hydrogen-bond acceptors (Lipinski definition) is 2. The number of fused-ring (bicyclic) bond motifs is 6. The Balaban J connectivity index is 1.81. The standard InChI is InChI=1S/C22H14N2S/c1-13-9-10-23-18(11-13)20-12-17-16-7-4-6-15-14-5-2-3-8-19(14)24(21(15)16)22(17)25-20/h2-12H,1H3. The number of rotatable bonds is 1. The first-order chi connectivity index (χ1) is 12.3. The van der Waals surface area contributed by atoms with Crippen molar-refractivity contribution in [1.82, 2.24) is 9.38 Å². The molecular weight excluding hydrogens is 324 g/mol. The van der Waals surface area contributed by atoms with Crippen molar-refractivity contribution in [2.45, 2.75) is 6.92 Å². The van der Waals surface area contributed by atoms with Gasteiger partial charge in [0.2, 0.25) is 0 Å². The summed E-state index contributed by atoms with van der Waals surface area (Å²) in [6.45, 7) is 2.12. The lowest BCUT2D eigenvalue weighted by molar-refractivity contribution is 1.30. The third-order valence-electron chi connectivity index (χ3n) is 5.07. The van der Waals surface area contributed by atoms with E-state index in [2.05, 4.69) is 70.9 Å². The Bertz CT molecular complexity index is 1400. The summed E-state index contributed by atoms with van der Waals surface area (Å²) in [5.41, 5.74) is 4.93. The average Bonchev–Trinajstić information content (AvgIpc) is 3.28. The Morgan fingerprint density at radius 1 is 0.840 bits per heavy atom. The molecule has 0 atom stereocenters. The molecule has 118 valence electrons. The van der Waals surface area contributed by atoms with Gasteiger partial charge in [0.05, 0.1) is 21.6 Å². The molecule has 0 amide bonds. The van der Waals surface area contributed by atoms with Crippen molar-refractivity contribution in [2.24, 2.45) is 0 Å². The van der Waals surface area contributed by atoms with Gasteiger partial charge in [0.25, 0.3) is 0 Å². The molecule has 0 saturated heterocycles. The zero-order valence-corrected chi connectivity index (χ0v) is 14.5. The van der Waals surface area contributed by atoms with Crippen LogP contribution in [-0.2, 0) is 0 Å². The smallest absolute Gasteiger partial charge is 0.109 e. The summed E-state index contributed by atoms with van der Waals surface area (Å²) in [4.78, 5) is 7.12. The van der Waals surface area contributed by atoms with Crippen LogP contribution in [0.3, 0.4) is 0 Å². The van der Waals surface area contributed by atoms with Crippen LogP contribution in [-0.4, -0.2) is 9.38 Å². The Morgan fingerprint density at radius 2 is 1.64 bits per heavy atom. The molecule has 25 heavy (non-hydrogen) atoms. The number of hydrogen-bond donors (Lipinski definition) is 0. The first-order valence-electron chi connectivity index (χ1n) is 8.41. The number of aromatic nitrogens is 2. The predicted molar refractivity (Wildman–Crippen MR) is 107 cm³/mol. The van der Waals surface area contributed by atoms with Gasteiger partial charge in [-0.1, -0.05) is 36.4 Å². The minimum absolute atomic E-state index is 1.06. The SMILES string of the molecule is Cc1ccnc(-c2cc3c4cccc5c6ccccc6n(c3s2)c54)c1. The van der Waals surface area contributed by atoms with Crippen LogP contribution in [0.5, 0.6) is 0 Å². The summed E-state index contributed by atoms with van der Waals surface area (Å²) in [6, 6.07) is 21.8. The molecule has 6 aromatic rings. The molecule has 2 aromatic carbocycles. The third-order valence-corrected chi connectivity index (χ3v) is 6.21. The van der Waals surface area contributed by atoms with Crippen molar-refractivity contribution in [3.63, 3.8) is 0 Å². The van der Waals surface area contributed by atoms with Gasteiger partial charge in [-0.3, -0.25) is 9.38 Å². The van der Waals surface area contributed by atoms with Gasteiger partial charge in [-0.15, -0.1) is 11.3 Å². The van der Waals surface area contributed by atoms with E-state index >= 15 is 0 Å². The zero-order valence-electron chi connectivity index (χ0n) is 13.7. The van der Waals surface area contributed by atoms with E-state index in [1.807, 2.05) is 23.6 Å². The molecule has 4 heterocycles. The summed E-state index contributed by atoms with van der Waals surface area (Å²) in [5, 5.41) is 5.33. The fourth-order valence-electron chi connectivity index (χ4n) is 3.98. The zero-order chi connectivity index (χ0) is 16.5. The second-order valence-electron chi connectivity index (χ2n) is 6.60. The topological polar surface area (TPSA) is 17.3 Å². The van der Waals surface area contributed by atoms with E-state index in [0.717, 1.165) is 5.69 Å². The van der Waals surface area contributed by atoms with Gasteiger partial charge in [0.1, 0.15) is 4.83 Å². The van der Waals surface area contributed by atoms with Crippen molar-refractivity contribution in [2.75, 3.05) is 0 Å². The van der Waals surface area contributed by atoms with Crippen LogP contribution < -0.4 is 0 Å². The molecule has 0 aliphatic rings. The van der Waals surface area contributed by atoms with E-state index in [1.54, 1.807) is 0 Å². The van der Waals surface area contributed by atoms with Crippen molar-refractivity contribution < 1.29 is 0 Å². The molecular formula is C22H14N2S. The van der Waals surface area contributed by atoms with E-state index in [4.69, 9.17) is 0 Å². The van der Waals surface area contributed by atoms with Crippen LogP contribution in [0.2, 0.25) is 0 Å². The second kappa shape index (κ2) is 4.58. The summed E-state index contributed by atoms with van der Waals surface area (Å²) in [6.07, 6.45) is 1.90. The minimum atomic E-state index is 1.06. The average molecular weight is 338 g/mol. The molecule has 3 heteroatoms. The number of aryl methyl sites for hydroxylation is 1. The van der Waals surface area contributed by atoms with Crippen LogP contribution >= 0.6 is 11.3 Å². The van der Waals surface area contributed by atoms with E-state index in [1.165, 1.54) is 47.8 Å². The summed E-state index contributed by atoms with van der Waals surface area (Å²) >= 11 is 1.83. The molecule has 4 aromatic heterocycles. The predicted octanol–water partition coefficient (Wildman–Crippen LogP) is 6.27. The normalized spacial score (nSPS) is 12.2. The Labute approximate surface area is 148 Å². The Hall–Kier alpha value is -2.91. The molecule has 0 aliphatic heterocycles. The van der Waals surface area contributed by atoms with Crippen LogP contribution in [0.15, 0.2) is 66.9 Å². The lowest BCUT2D eigenvalue weighted by Gasteiger charge is -1.98. The summed E-state index contributed by atoms with van der Waals surface area (Å²) in [7, 11) is 0. The number of benzene rings is 2. The van der Waals surface area contributed by atoms with E-state index in [-0.39, 0.29) is 0 Å². The highest BCUT2D eigenvalue weighted by atomic mass is 32.1. The molecule has 0 fully saturated rings. The molecule has 0 unspecified atom stereocenters. The molecule has 0 spiro atoms. The van der Waals surface area contributed by atoms with Gasteiger partial charge in [-0.05, 0) is 36.8 Å². The highest BCUT2D eigenvalue weighted by Crippen LogP contribution is 2.43. The van der Waals surface area contributed by atoms with Gasteiger partial charge in [0.15, 0.2) is 0 Å². The highest BCUT2D eigenvalue weighted by molar-refractivity contribution is 7.22. The molecule has 6 rings (SSSR count). The highest BCUT2D eigenvalue weighted by Gasteiger charge is 2.19. The van der Waals surface area contributed by atoms with Gasteiger partial charge < -0.3 is 0 Å². The molecule has 0 bridgehead atoms. The largest absolute Gasteiger partial charge is 0.299 e. The quantitative estimate of drug-likeness (QED) is 0.345. The van der Waals surface area contributed by atoms with Crippen molar-refractivity contribution in [3.05, 3.63) is 72.4 Å². The van der Waals surface area contributed by atoms with Crippen molar-refractivity contribution in [1.29, 1.82) is 0 Å². The number of pyridine rings is 1. The van der Waals surface area contributed by atoms with Gasteiger partial charge in [-0.2, -0.15) is 0 Å². The van der Waals surface area contributed by atoms with Gasteiger partial charge in [0, 0.05) is 27.7 Å². The molecule has 0 N–H and O–H groups in total. The van der Waals surface area contributed by atoms with Crippen LogP contribution in [0.1, 0.15) is 5.56 Å². The summed E-state index contributed by atoms with van der Waals surface area (Å²) in [5.74, 6) is 0. The first-order valence-corrected chi connectivity index (χ1v) is 9.23. The lowest BCUT2D eigenvalue weighted by atomic mass is 10.1. The van der Waals surface area contributed by atoms with Crippen LogP contribution in [0.4, 0.5) is 0 Å². The van der Waals surface area contributed by atoms with Crippen LogP contribution in [0, 0.1) is 6.92 Å². The maximum Gasteiger partial charge on any atom is 0.109 e. The number of para-hydroxylation sites is 2. The summed E-state index contributed by atoms with van der Waals surface area (Å²) < 4.78 is 2.43. The second-order valence-corrected chi connectivity index (χ2v) is 7.63. The molecule has 0 aliphatic carbocycles. The lowest BCUT2D eigenvalue weighted by Crippen LogP contribution is -1.80. The Kier molecular flexibility index (Phi) is 2.46. The van der Waals surface area contributed by atoms with Gasteiger partial charge >= 0.3 is 0 Å². The van der Waals surface area contributed by atoms with E-state index in [9.17, 15) is 0 Å². The third kappa shape index (κ3) is 1.66. The monoisotopic (exact) mass is 338 g/mol. The number of thiophene rings is 1. The molecule has 2 nitrogen and oxygen atoms in total. The van der Waals surface area contributed by atoms with E-state index in [0.29, 0.717) is 0 Å². The number of nitrogens with zero attached hydrogens (tertiary/aromatic N) is 2.